The van der Waals surface area contributed by atoms with Crippen LogP contribution in [0.4, 0.5) is 0 Å². The van der Waals surface area contributed by atoms with Crippen molar-refractivity contribution in [1.82, 2.24) is 4.90 Å². The van der Waals surface area contributed by atoms with E-state index in [1.54, 1.807) is 12.1 Å². The maximum absolute atomic E-state index is 12.4. The van der Waals surface area contributed by atoms with Gasteiger partial charge in [0.25, 0.3) is 0 Å². The van der Waals surface area contributed by atoms with E-state index in [2.05, 4.69) is 12.1 Å². The Morgan fingerprint density at radius 1 is 0.885 bits per heavy atom. The molecule has 0 radical (unpaired) electrons. The summed E-state index contributed by atoms with van der Waals surface area (Å²) in [5, 5.41) is 0. The van der Waals surface area contributed by atoms with Crippen molar-refractivity contribution in [2.75, 3.05) is 13.1 Å². The highest BCUT2D eigenvalue weighted by molar-refractivity contribution is 5.97. The first-order chi connectivity index (χ1) is 12.7. The van der Waals surface area contributed by atoms with Gasteiger partial charge in [-0.1, -0.05) is 60.7 Å². The first kappa shape index (κ1) is 18.3. The molecule has 136 valence electrons. The summed E-state index contributed by atoms with van der Waals surface area (Å²) in [5.41, 5.74) is 1.85. The minimum Gasteiger partial charge on any atom is -0.373 e. The molecule has 0 bridgehead atoms. The van der Waals surface area contributed by atoms with Crippen molar-refractivity contribution in [2.45, 2.75) is 38.4 Å². The molecule has 4 heteroatoms. The maximum atomic E-state index is 12.4. The number of carbonyl (C=O) groups excluding carboxylic acids is 2. The topological polar surface area (TPSA) is 46.6 Å². The number of hydrogen-bond acceptors (Lipinski definition) is 3. The van der Waals surface area contributed by atoms with Crippen LogP contribution in [0.15, 0.2) is 60.7 Å². The number of carbonyl (C=O) groups is 2. The predicted octanol–water partition coefficient (Wildman–Crippen LogP) is 3.86. The van der Waals surface area contributed by atoms with Gasteiger partial charge >= 0.3 is 0 Å². The monoisotopic (exact) mass is 351 g/mol. The summed E-state index contributed by atoms with van der Waals surface area (Å²) in [4.78, 5) is 26.3. The Balaban J connectivity index is 1.37. The fraction of sp³-hybridized carbons (Fsp3) is 0.364. The second-order valence-corrected chi connectivity index (χ2v) is 6.67. The normalized spacial score (nSPS) is 15.0. The summed E-state index contributed by atoms with van der Waals surface area (Å²) in [6, 6.07) is 19.3. The van der Waals surface area contributed by atoms with Crippen molar-refractivity contribution in [3.63, 3.8) is 0 Å². The van der Waals surface area contributed by atoms with E-state index in [0.717, 1.165) is 12.8 Å². The molecule has 3 rings (SSSR count). The van der Waals surface area contributed by atoms with E-state index in [9.17, 15) is 9.59 Å². The number of hydrogen-bond donors (Lipinski definition) is 0. The Morgan fingerprint density at radius 2 is 1.50 bits per heavy atom. The summed E-state index contributed by atoms with van der Waals surface area (Å²) in [7, 11) is 0. The molecule has 26 heavy (non-hydrogen) atoms. The molecular formula is C22H25NO3. The molecule has 1 amide bonds. The van der Waals surface area contributed by atoms with Gasteiger partial charge in [0.2, 0.25) is 5.91 Å². The van der Waals surface area contributed by atoms with Gasteiger partial charge in [0.1, 0.15) is 0 Å². The average molecular weight is 351 g/mol. The zero-order valence-corrected chi connectivity index (χ0v) is 15.0. The van der Waals surface area contributed by atoms with Crippen LogP contribution < -0.4 is 0 Å². The molecule has 1 heterocycles. The summed E-state index contributed by atoms with van der Waals surface area (Å²) >= 11 is 0. The SMILES string of the molecule is O=C(CCC(=O)N1CCC(OCc2ccccc2)CC1)c1ccccc1. The van der Waals surface area contributed by atoms with E-state index in [4.69, 9.17) is 4.74 Å². The van der Waals surface area contributed by atoms with Crippen LogP contribution in [0.5, 0.6) is 0 Å². The van der Waals surface area contributed by atoms with Crippen LogP contribution in [0.25, 0.3) is 0 Å². The van der Waals surface area contributed by atoms with Gasteiger partial charge in [-0.2, -0.15) is 0 Å². The molecule has 0 aromatic heterocycles. The summed E-state index contributed by atoms with van der Waals surface area (Å²) < 4.78 is 5.96. The molecule has 0 N–H and O–H groups in total. The number of nitrogens with zero attached hydrogens (tertiary/aromatic N) is 1. The fourth-order valence-corrected chi connectivity index (χ4v) is 3.21. The van der Waals surface area contributed by atoms with E-state index in [-0.39, 0.29) is 30.6 Å². The zero-order chi connectivity index (χ0) is 18.2. The molecule has 0 spiro atoms. The average Bonchev–Trinajstić information content (AvgIpc) is 2.72. The number of likely N-dealkylation sites (tertiary alicyclic amines) is 1. The molecule has 1 fully saturated rings. The third kappa shape index (κ3) is 5.27. The zero-order valence-electron chi connectivity index (χ0n) is 15.0. The Morgan fingerprint density at radius 3 is 2.15 bits per heavy atom. The van der Waals surface area contributed by atoms with Gasteiger partial charge in [0, 0.05) is 31.5 Å². The Hall–Kier alpha value is -2.46. The number of benzene rings is 2. The van der Waals surface area contributed by atoms with Gasteiger partial charge in [0.15, 0.2) is 5.78 Å². The molecule has 0 atom stereocenters. The maximum Gasteiger partial charge on any atom is 0.223 e. The van der Waals surface area contributed by atoms with Gasteiger partial charge < -0.3 is 9.64 Å². The number of piperidine rings is 1. The summed E-state index contributed by atoms with van der Waals surface area (Å²) in [6.07, 6.45) is 2.46. The van der Waals surface area contributed by atoms with Crippen LogP contribution in [0, 0.1) is 0 Å². The third-order valence-electron chi connectivity index (χ3n) is 4.78. The molecule has 1 aliphatic rings. The standard InChI is InChI=1S/C22H25NO3/c24-21(19-9-5-2-6-10-19)11-12-22(25)23-15-13-20(14-16-23)26-17-18-7-3-1-4-8-18/h1-10,20H,11-17H2. The van der Waals surface area contributed by atoms with Gasteiger partial charge in [-0.3, -0.25) is 9.59 Å². The predicted molar refractivity (Wildman–Crippen MR) is 101 cm³/mol. The van der Waals surface area contributed by atoms with E-state index in [1.165, 1.54) is 5.56 Å². The smallest absolute Gasteiger partial charge is 0.223 e. The van der Waals surface area contributed by atoms with Crippen LogP contribution >= 0.6 is 0 Å². The molecule has 0 aliphatic carbocycles. The van der Waals surface area contributed by atoms with Gasteiger partial charge in [-0.05, 0) is 18.4 Å². The molecule has 0 unspecified atom stereocenters. The van der Waals surface area contributed by atoms with Crippen LogP contribution in [0.2, 0.25) is 0 Å². The summed E-state index contributed by atoms with van der Waals surface area (Å²) in [5.74, 6) is 0.0934. The van der Waals surface area contributed by atoms with Crippen molar-refractivity contribution in [2.24, 2.45) is 0 Å². The number of rotatable bonds is 7. The second-order valence-electron chi connectivity index (χ2n) is 6.67. The fourth-order valence-electron chi connectivity index (χ4n) is 3.21. The van der Waals surface area contributed by atoms with E-state index in [1.807, 2.05) is 41.3 Å². The summed E-state index contributed by atoms with van der Waals surface area (Å²) in [6.45, 7) is 2.03. The first-order valence-electron chi connectivity index (χ1n) is 9.24. The molecule has 2 aromatic carbocycles. The van der Waals surface area contributed by atoms with Gasteiger partial charge in [0.05, 0.1) is 12.7 Å². The van der Waals surface area contributed by atoms with Crippen molar-refractivity contribution in [1.29, 1.82) is 0 Å². The largest absolute Gasteiger partial charge is 0.373 e. The van der Waals surface area contributed by atoms with E-state index in [0.29, 0.717) is 25.3 Å². The molecule has 0 saturated carbocycles. The van der Waals surface area contributed by atoms with Crippen LogP contribution in [0.1, 0.15) is 41.6 Å². The molecule has 2 aromatic rings. The van der Waals surface area contributed by atoms with Crippen molar-refractivity contribution >= 4 is 11.7 Å². The van der Waals surface area contributed by atoms with Crippen LogP contribution in [-0.2, 0) is 16.1 Å². The highest BCUT2D eigenvalue weighted by Crippen LogP contribution is 2.17. The van der Waals surface area contributed by atoms with Crippen molar-refractivity contribution in [3.05, 3.63) is 71.8 Å². The lowest BCUT2D eigenvalue weighted by Gasteiger charge is -2.32. The van der Waals surface area contributed by atoms with Crippen molar-refractivity contribution in [3.8, 4) is 0 Å². The quantitative estimate of drug-likeness (QED) is 0.712. The van der Waals surface area contributed by atoms with Gasteiger partial charge in [-0.15, -0.1) is 0 Å². The molecular weight excluding hydrogens is 326 g/mol. The van der Waals surface area contributed by atoms with Gasteiger partial charge in [-0.25, -0.2) is 0 Å². The number of ether oxygens (including phenoxy) is 1. The Bertz CT molecular complexity index is 707. The molecule has 1 saturated heterocycles. The lowest BCUT2D eigenvalue weighted by Crippen LogP contribution is -2.40. The first-order valence-corrected chi connectivity index (χ1v) is 9.24. The third-order valence-corrected chi connectivity index (χ3v) is 4.78. The van der Waals surface area contributed by atoms with Crippen molar-refractivity contribution < 1.29 is 14.3 Å². The molecule has 1 aliphatic heterocycles. The number of ketones is 1. The number of Topliss-reactive ketones (excluding diaryl/α,β-unsaturated/α-hetero) is 1. The van der Waals surface area contributed by atoms with Crippen LogP contribution in [-0.4, -0.2) is 35.8 Å². The lowest BCUT2D eigenvalue weighted by molar-refractivity contribution is -0.134. The minimum absolute atomic E-state index is 0.0278. The number of amides is 1. The lowest BCUT2D eigenvalue weighted by atomic mass is 10.0. The minimum atomic E-state index is 0.0278. The van der Waals surface area contributed by atoms with Crippen LogP contribution in [0.3, 0.4) is 0 Å². The highest BCUT2D eigenvalue weighted by atomic mass is 16.5. The Kier molecular flexibility index (Phi) is 6.56. The molecule has 4 nitrogen and oxygen atoms in total. The van der Waals surface area contributed by atoms with E-state index >= 15 is 0 Å². The van der Waals surface area contributed by atoms with E-state index < -0.39 is 0 Å². The Labute approximate surface area is 154 Å². The highest BCUT2D eigenvalue weighted by Gasteiger charge is 2.23. The second kappa shape index (κ2) is 9.30.